The Morgan fingerprint density at radius 3 is 2.20 bits per heavy atom. The maximum Gasteiger partial charge on any atom is 0.160 e. The van der Waals surface area contributed by atoms with Crippen LogP contribution in [0.3, 0.4) is 0 Å². The summed E-state index contributed by atoms with van der Waals surface area (Å²) in [5.74, 6) is 0. The fourth-order valence-electron chi connectivity index (χ4n) is 0.597. The molecule has 0 amide bonds. The minimum Gasteiger partial charge on any atom is -0.482 e. The molecule has 0 unspecified atom stereocenters. The van der Waals surface area contributed by atoms with Crippen molar-refractivity contribution in [2.45, 2.75) is 46.1 Å². The van der Waals surface area contributed by atoms with Crippen LogP contribution in [0.2, 0.25) is 0 Å². The zero-order valence-corrected chi connectivity index (χ0v) is 8.05. The fourth-order valence-corrected chi connectivity index (χ4v) is 1.05. The maximum absolute atomic E-state index is 5.41. The standard InChI is InChI=1S/C8H16OS/c1-5-6-7(10)9-8(2,3)4/h5-6H2,1-4H3. The molecule has 0 aliphatic rings. The Kier molecular flexibility index (Phi) is 3.87. The maximum atomic E-state index is 5.41. The Morgan fingerprint density at radius 1 is 1.40 bits per heavy atom. The van der Waals surface area contributed by atoms with Gasteiger partial charge >= 0.3 is 0 Å². The first-order chi connectivity index (χ1) is 4.45. The lowest BCUT2D eigenvalue weighted by atomic mass is 10.2. The summed E-state index contributed by atoms with van der Waals surface area (Å²) >= 11 is 4.98. The van der Waals surface area contributed by atoms with E-state index < -0.39 is 0 Å². The molecule has 0 rings (SSSR count). The Bertz CT molecular complexity index is 113. The zero-order valence-electron chi connectivity index (χ0n) is 7.23. The molecule has 0 aliphatic heterocycles. The SMILES string of the molecule is CCCC(=S)OC(C)(C)C. The molecule has 0 aromatic rings. The summed E-state index contributed by atoms with van der Waals surface area (Å²) < 4.78 is 5.41. The minimum atomic E-state index is -0.119. The van der Waals surface area contributed by atoms with E-state index in [4.69, 9.17) is 17.0 Å². The lowest BCUT2D eigenvalue weighted by molar-refractivity contribution is 0.117. The molecule has 1 nitrogen and oxygen atoms in total. The summed E-state index contributed by atoms with van der Waals surface area (Å²) in [5.41, 5.74) is -0.119. The normalized spacial score (nSPS) is 11.2. The van der Waals surface area contributed by atoms with Crippen molar-refractivity contribution in [3.8, 4) is 0 Å². The van der Waals surface area contributed by atoms with Gasteiger partial charge in [-0.2, -0.15) is 0 Å². The molecule has 0 fully saturated rings. The van der Waals surface area contributed by atoms with Crippen molar-refractivity contribution < 1.29 is 4.74 Å². The quantitative estimate of drug-likeness (QED) is 0.574. The second kappa shape index (κ2) is 3.91. The lowest BCUT2D eigenvalue weighted by Crippen LogP contribution is -2.22. The smallest absolute Gasteiger partial charge is 0.160 e. The predicted octanol–water partition coefficient (Wildman–Crippen LogP) is 2.93. The van der Waals surface area contributed by atoms with E-state index in [2.05, 4.69) is 6.92 Å². The molecule has 0 saturated heterocycles. The van der Waals surface area contributed by atoms with Crippen LogP contribution in [-0.4, -0.2) is 10.7 Å². The highest BCUT2D eigenvalue weighted by molar-refractivity contribution is 7.80. The third-order valence-electron chi connectivity index (χ3n) is 0.874. The molecule has 0 spiro atoms. The number of hydrogen-bond acceptors (Lipinski definition) is 2. The van der Waals surface area contributed by atoms with Gasteiger partial charge in [0.2, 0.25) is 0 Å². The van der Waals surface area contributed by atoms with Crippen LogP contribution in [0.5, 0.6) is 0 Å². The molecule has 60 valence electrons. The summed E-state index contributed by atoms with van der Waals surface area (Å²) in [5, 5.41) is 0.731. The van der Waals surface area contributed by atoms with Gasteiger partial charge in [-0.15, -0.1) is 0 Å². The Morgan fingerprint density at radius 2 is 1.90 bits per heavy atom. The average molecular weight is 160 g/mol. The number of ether oxygens (including phenoxy) is 1. The first-order valence-electron chi connectivity index (χ1n) is 3.67. The van der Waals surface area contributed by atoms with Gasteiger partial charge in [0.05, 0.1) is 0 Å². The highest BCUT2D eigenvalue weighted by Crippen LogP contribution is 2.09. The van der Waals surface area contributed by atoms with Gasteiger partial charge in [-0.25, -0.2) is 0 Å². The highest BCUT2D eigenvalue weighted by Gasteiger charge is 2.12. The molecule has 0 saturated carbocycles. The molecule has 0 heterocycles. The number of rotatable bonds is 2. The van der Waals surface area contributed by atoms with Crippen LogP contribution in [-0.2, 0) is 4.74 Å². The molecule has 0 bridgehead atoms. The summed E-state index contributed by atoms with van der Waals surface area (Å²) in [7, 11) is 0. The molecule has 0 aromatic heterocycles. The van der Waals surface area contributed by atoms with Crippen LogP contribution >= 0.6 is 12.2 Å². The van der Waals surface area contributed by atoms with Crippen LogP contribution in [0, 0.1) is 0 Å². The molecule has 0 aromatic carbocycles. The highest BCUT2D eigenvalue weighted by atomic mass is 32.1. The van der Waals surface area contributed by atoms with Gasteiger partial charge in [0.25, 0.3) is 0 Å². The van der Waals surface area contributed by atoms with Gasteiger partial charge in [0.15, 0.2) is 5.05 Å². The summed E-state index contributed by atoms with van der Waals surface area (Å²) in [6.07, 6.45) is 1.96. The van der Waals surface area contributed by atoms with E-state index in [1.807, 2.05) is 20.8 Å². The van der Waals surface area contributed by atoms with Gasteiger partial charge in [0, 0.05) is 6.42 Å². The lowest BCUT2D eigenvalue weighted by Gasteiger charge is -2.21. The minimum absolute atomic E-state index is 0.119. The van der Waals surface area contributed by atoms with Gasteiger partial charge in [0.1, 0.15) is 5.60 Å². The van der Waals surface area contributed by atoms with Crippen molar-refractivity contribution in [3.63, 3.8) is 0 Å². The summed E-state index contributed by atoms with van der Waals surface area (Å²) in [6.45, 7) is 8.12. The molecular weight excluding hydrogens is 144 g/mol. The average Bonchev–Trinajstić information content (AvgIpc) is 1.59. The van der Waals surface area contributed by atoms with Crippen LogP contribution in [0.1, 0.15) is 40.5 Å². The first kappa shape index (κ1) is 9.89. The van der Waals surface area contributed by atoms with Crippen LogP contribution < -0.4 is 0 Å². The number of thiocarbonyl (C=S) groups is 1. The van der Waals surface area contributed by atoms with Crippen LogP contribution in [0.4, 0.5) is 0 Å². The molecular formula is C8H16OS. The second-order valence-corrected chi connectivity index (χ2v) is 3.79. The van der Waals surface area contributed by atoms with Crippen LogP contribution in [0.15, 0.2) is 0 Å². The van der Waals surface area contributed by atoms with E-state index in [0.29, 0.717) is 0 Å². The molecule has 0 aliphatic carbocycles. The van der Waals surface area contributed by atoms with Gasteiger partial charge in [-0.05, 0) is 39.4 Å². The topological polar surface area (TPSA) is 9.23 Å². The van der Waals surface area contributed by atoms with E-state index in [-0.39, 0.29) is 5.60 Å². The molecule has 2 heteroatoms. The van der Waals surface area contributed by atoms with Gasteiger partial charge in [-0.3, -0.25) is 0 Å². The van der Waals surface area contributed by atoms with E-state index in [9.17, 15) is 0 Å². The number of hydrogen-bond donors (Lipinski definition) is 0. The fraction of sp³-hybridized carbons (Fsp3) is 0.875. The summed E-state index contributed by atoms with van der Waals surface area (Å²) in [4.78, 5) is 0. The van der Waals surface area contributed by atoms with E-state index in [1.165, 1.54) is 0 Å². The van der Waals surface area contributed by atoms with Crippen molar-refractivity contribution in [2.24, 2.45) is 0 Å². The van der Waals surface area contributed by atoms with Crippen molar-refractivity contribution in [3.05, 3.63) is 0 Å². The van der Waals surface area contributed by atoms with E-state index in [0.717, 1.165) is 17.9 Å². The van der Waals surface area contributed by atoms with E-state index in [1.54, 1.807) is 0 Å². The summed E-state index contributed by atoms with van der Waals surface area (Å²) in [6, 6.07) is 0. The van der Waals surface area contributed by atoms with Crippen LogP contribution in [0.25, 0.3) is 0 Å². The monoisotopic (exact) mass is 160 g/mol. The zero-order chi connectivity index (χ0) is 8.20. The Labute approximate surface area is 68.8 Å². The van der Waals surface area contributed by atoms with E-state index >= 15 is 0 Å². The third-order valence-corrected chi connectivity index (χ3v) is 1.16. The Balaban J connectivity index is 3.58. The third kappa shape index (κ3) is 6.02. The van der Waals surface area contributed by atoms with Gasteiger partial charge < -0.3 is 4.74 Å². The van der Waals surface area contributed by atoms with Crippen molar-refractivity contribution in [1.29, 1.82) is 0 Å². The second-order valence-electron chi connectivity index (χ2n) is 3.34. The predicted molar refractivity (Wildman–Crippen MR) is 48.3 cm³/mol. The molecule has 0 atom stereocenters. The Hall–Kier alpha value is -0.110. The van der Waals surface area contributed by atoms with Crippen molar-refractivity contribution in [2.75, 3.05) is 0 Å². The van der Waals surface area contributed by atoms with Gasteiger partial charge in [-0.1, -0.05) is 6.92 Å². The largest absolute Gasteiger partial charge is 0.482 e. The van der Waals surface area contributed by atoms with Crippen molar-refractivity contribution in [1.82, 2.24) is 0 Å². The first-order valence-corrected chi connectivity index (χ1v) is 4.08. The van der Waals surface area contributed by atoms with Crippen molar-refractivity contribution >= 4 is 17.3 Å². The molecule has 0 N–H and O–H groups in total. The molecule has 0 radical (unpaired) electrons. The molecule has 10 heavy (non-hydrogen) atoms.